The fourth-order valence-corrected chi connectivity index (χ4v) is 17.2. The second-order valence-electron chi connectivity index (χ2n) is 47.6. The van der Waals surface area contributed by atoms with Gasteiger partial charge in [0.05, 0.1) is 59.5 Å². The number of fused-ring (bicyclic) bond motifs is 6. The monoisotopic (exact) mass is 1990 g/mol. The van der Waals surface area contributed by atoms with Crippen LogP contribution >= 0.6 is 0 Å². The molecule has 0 unspecified atom stereocenters. The van der Waals surface area contributed by atoms with E-state index in [0.717, 1.165) is 190 Å². The van der Waals surface area contributed by atoms with Crippen molar-refractivity contribution in [1.29, 1.82) is 0 Å². The van der Waals surface area contributed by atoms with Gasteiger partial charge in [0.25, 0.3) is 0 Å². The van der Waals surface area contributed by atoms with E-state index in [1.165, 1.54) is 51.4 Å². The van der Waals surface area contributed by atoms with Crippen molar-refractivity contribution in [3.8, 4) is 0 Å². The van der Waals surface area contributed by atoms with E-state index >= 15 is 0 Å². The number of methoxy groups -OCH3 is 1. The smallest absolute Gasteiger partial charge is 0.234 e. The van der Waals surface area contributed by atoms with Gasteiger partial charge >= 0.3 is 0 Å². The number of hydrogen-bond donors (Lipinski definition) is 6. The summed E-state index contributed by atoms with van der Waals surface area (Å²) in [6.07, 6.45) is 24.2. The SMILES string of the molecule is C=C(CC(C)(C)C)Nc1nc2ccc(C)nc2n1C1CCC1.COC(C)(C)CCC(=O)Nc1nc2ccc(C)nc2n1C1CCC1.Cc1ccc2nc(NC(=O)C(C)(C)COC(C)(C)C)n(C3CCC3)c2n1.Cc1ccc2nc(NC(=O)CCC(C)(C)C)n(C3CCC3)c2n1.Cc1ccc2nc(NC(=O)[C@@H](C)COC(C)(C)C)n(C3CCC3)c2n1.Cc1ccc2nc(NC(=O)[C@H](C)COC(C)(C)C)n(C3CCC3)c2n1. The fraction of sp³-hybridized carbons (Fsp3) is 0.616. The second-order valence-corrected chi connectivity index (χ2v) is 47.6. The Labute approximate surface area is 857 Å². The van der Waals surface area contributed by atoms with E-state index < -0.39 is 5.41 Å². The summed E-state index contributed by atoms with van der Waals surface area (Å²) in [5, 5.41) is 18.5. The van der Waals surface area contributed by atoms with Gasteiger partial charge in [0, 0.05) is 96.1 Å². The molecule has 2 atom stereocenters. The molecule has 6 saturated carbocycles. The summed E-state index contributed by atoms with van der Waals surface area (Å²) >= 11 is 0. The molecule has 0 aromatic carbocycles. The van der Waals surface area contributed by atoms with Gasteiger partial charge in [0.15, 0.2) is 33.9 Å². The maximum Gasteiger partial charge on any atom is 0.234 e. The van der Waals surface area contributed by atoms with Gasteiger partial charge in [0.1, 0.15) is 33.1 Å². The molecule has 33 nitrogen and oxygen atoms in total. The molecule has 6 aliphatic carbocycles. The Hall–Kier alpha value is -11.6. The number of imidazole rings is 6. The van der Waals surface area contributed by atoms with Crippen LogP contribution in [0.2, 0.25) is 0 Å². The van der Waals surface area contributed by atoms with Gasteiger partial charge in [0.2, 0.25) is 65.2 Å². The lowest BCUT2D eigenvalue weighted by Gasteiger charge is -2.31. The Morgan fingerprint density at radius 2 is 0.572 bits per heavy atom. The molecule has 0 spiro atoms. The van der Waals surface area contributed by atoms with E-state index in [-0.39, 0.29) is 74.6 Å². The number of nitrogens with zero attached hydrogens (tertiary/aromatic N) is 18. The van der Waals surface area contributed by atoms with Crippen molar-refractivity contribution in [2.75, 3.05) is 58.8 Å². The Balaban J connectivity index is 0.000000146. The molecule has 18 rings (SSSR count). The highest BCUT2D eigenvalue weighted by Crippen LogP contribution is 2.44. The molecule has 145 heavy (non-hydrogen) atoms. The Bertz CT molecular complexity index is 6410. The summed E-state index contributed by atoms with van der Waals surface area (Å²) in [5.41, 5.74) is 15.9. The third-order valence-corrected chi connectivity index (χ3v) is 27.4. The molecule has 5 amide bonds. The predicted octanol–water partition coefficient (Wildman–Crippen LogP) is 24.6. The average Bonchev–Trinajstić information content (AvgIpc) is 1.66. The quantitative estimate of drug-likeness (QED) is 0.0253. The average molecular weight is 1990 g/mol. The van der Waals surface area contributed by atoms with Crippen LogP contribution in [0, 0.1) is 69.6 Å². The second kappa shape index (κ2) is 46.2. The Kier molecular flexibility index (Phi) is 35.3. The molecule has 6 fully saturated rings. The van der Waals surface area contributed by atoms with Crippen LogP contribution in [0.25, 0.3) is 67.0 Å². The third kappa shape index (κ3) is 29.7. The van der Waals surface area contributed by atoms with Gasteiger partial charge in [-0.15, -0.1) is 0 Å². The first-order valence-electron chi connectivity index (χ1n) is 52.7. The standard InChI is InChI=1S/C20H30N4O2.2C19H28N4O2.C18H26N4O2.C18H26N4O.C18H26N4/c1-13-10-11-15-16(21-13)24(14-8-7-9-14)18(22-15)23-17(25)20(5,6)12-26-19(2,3)4;2*1-12(11-25-19(3,4)5)17(24)22-18-21-15-10-9-13(2)20-16(15)23(18)14-7-6-8-14;1-12-8-9-14-16(19-12)22(13-6-5-7-13)17(20-14)21-15(23)10-11-18(2,3)24-4;1-12-8-9-14-16(19-12)22(13-6-5-7-13)17(20-14)21-15(23)10-11-18(2,3)4;1-12-9-10-15-16(19-12)22(14-7-6-8-14)17(21-15)20-13(2)11-18(3,4)5/h10-11,14H,7-9,12H2,1-6H3,(H,22,23,25);2*9-10,12,14H,6-8,11H2,1-5H3,(H,21,22,24);8-9,13H,5-7,10-11H2,1-4H3,(H,20,21,23);8-9,13H,5-7,10-11H2,1-4H3,(H,20,21,23);9-10,14H,2,6-8,11H2,1,3-5H3,(H,20,21)/t;2*12-;;;/m.10.../s1. The molecule has 0 radical (unpaired) electrons. The van der Waals surface area contributed by atoms with Gasteiger partial charge in [-0.1, -0.05) is 62.0 Å². The molecule has 786 valence electrons. The zero-order valence-corrected chi connectivity index (χ0v) is 91.9. The van der Waals surface area contributed by atoms with E-state index in [1.54, 1.807) is 7.11 Å². The van der Waals surface area contributed by atoms with Crippen LogP contribution in [-0.2, 0) is 42.9 Å². The molecule has 6 aliphatic rings. The number of hydrogen-bond acceptors (Lipinski definition) is 22. The van der Waals surface area contributed by atoms with Crippen molar-refractivity contribution in [1.82, 2.24) is 87.2 Å². The summed E-state index contributed by atoms with van der Waals surface area (Å²) in [4.78, 5) is 119. The molecule has 0 aliphatic heterocycles. The third-order valence-electron chi connectivity index (χ3n) is 27.4. The molecule has 12 heterocycles. The number of pyridine rings is 6. The van der Waals surface area contributed by atoms with Gasteiger partial charge in [-0.05, 0) is 350 Å². The van der Waals surface area contributed by atoms with Gasteiger partial charge in [-0.2, -0.15) is 0 Å². The summed E-state index contributed by atoms with van der Waals surface area (Å²) in [5.74, 6) is 3.24. The van der Waals surface area contributed by atoms with Crippen LogP contribution in [0.5, 0.6) is 0 Å². The minimum absolute atomic E-state index is 0.0345. The lowest BCUT2D eigenvalue weighted by Crippen LogP contribution is -2.38. The zero-order valence-electron chi connectivity index (χ0n) is 91.9. The topological polar surface area (TPSA) is 379 Å². The van der Waals surface area contributed by atoms with Crippen LogP contribution < -0.4 is 31.9 Å². The fourth-order valence-electron chi connectivity index (χ4n) is 17.2. The highest BCUT2D eigenvalue weighted by Gasteiger charge is 2.38. The van der Waals surface area contributed by atoms with E-state index in [1.807, 2.05) is 212 Å². The van der Waals surface area contributed by atoms with Crippen molar-refractivity contribution < 1.29 is 42.9 Å². The first-order valence-corrected chi connectivity index (χ1v) is 52.7. The number of carbonyl (C=O) groups excluding carboxylic acids is 5. The predicted molar refractivity (Wildman–Crippen MR) is 579 cm³/mol. The normalized spacial score (nSPS) is 16.1. The summed E-state index contributed by atoms with van der Waals surface area (Å²) in [6, 6.07) is 26.1. The summed E-state index contributed by atoms with van der Waals surface area (Å²) in [7, 11) is 1.67. The van der Waals surface area contributed by atoms with Crippen molar-refractivity contribution in [3.05, 3.63) is 119 Å². The van der Waals surface area contributed by atoms with Crippen LogP contribution in [0.15, 0.2) is 85.1 Å². The Morgan fingerprint density at radius 3 is 0.800 bits per heavy atom. The van der Waals surface area contributed by atoms with E-state index in [2.05, 4.69) is 163 Å². The maximum absolute atomic E-state index is 12.9. The van der Waals surface area contributed by atoms with Gasteiger partial charge in [-0.25, -0.2) is 59.8 Å². The molecule has 33 heteroatoms. The summed E-state index contributed by atoms with van der Waals surface area (Å²) in [6.45, 7) is 59.7. The largest absolute Gasteiger partial charge is 0.379 e. The van der Waals surface area contributed by atoms with Crippen LogP contribution in [0.3, 0.4) is 0 Å². The minimum atomic E-state index is -0.654. The highest BCUT2D eigenvalue weighted by atomic mass is 16.5. The number of aromatic nitrogens is 18. The number of anilines is 6. The van der Waals surface area contributed by atoms with E-state index in [9.17, 15) is 24.0 Å². The van der Waals surface area contributed by atoms with Crippen molar-refractivity contribution in [2.45, 2.75) is 393 Å². The first kappa shape index (κ1) is 111. The lowest BCUT2D eigenvalue weighted by molar-refractivity contribution is -0.131. The number of allylic oxidation sites excluding steroid dienone is 1. The number of ether oxygens (including phenoxy) is 4. The van der Waals surface area contributed by atoms with Crippen LogP contribution in [0.1, 0.15) is 363 Å². The molecule has 12 aromatic rings. The highest BCUT2D eigenvalue weighted by molar-refractivity contribution is 5.97. The molecular formula is C112H164N24O9. The van der Waals surface area contributed by atoms with E-state index in [0.29, 0.717) is 105 Å². The van der Waals surface area contributed by atoms with Crippen LogP contribution in [0.4, 0.5) is 35.7 Å². The molecule has 6 N–H and O–H groups in total. The van der Waals surface area contributed by atoms with Crippen LogP contribution in [-0.4, -0.2) is 166 Å². The number of nitrogens with one attached hydrogen (secondary N) is 6. The van der Waals surface area contributed by atoms with Crippen molar-refractivity contribution in [3.63, 3.8) is 0 Å². The summed E-state index contributed by atoms with van der Waals surface area (Å²) < 4.78 is 35.5. The number of amides is 5. The minimum Gasteiger partial charge on any atom is -0.379 e. The van der Waals surface area contributed by atoms with Gasteiger partial charge < -0.3 is 24.3 Å². The Morgan fingerprint density at radius 1 is 0.331 bits per heavy atom. The molecule has 0 bridgehead atoms. The zero-order chi connectivity index (χ0) is 105. The first-order chi connectivity index (χ1) is 68.1. The maximum atomic E-state index is 12.9. The van der Waals surface area contributed by atoms with Crippen molar-refractivity contribution >= 4 is 132 Å². The lowest BCUT2D eigenvalue weighted by atomic mass is 9.90. The number of rotatable bonds is 29. The molecular weight excluding hydrogens is 1830 g/mol. The van der Waals surface area contributed by atoms with E-state index in [4.69, 9.17) is 28.9 Å². The number of aryl methyl sites for hydroxylation is 6. The van der Waals surface area contributed by atoms with Gasteiger partial charge in [-0.3, -0.25) is 78.0 Å². The van der Waals surface area contributed by atoms with Crippen molar-refractivity contribution in [2.24, 2.45) is 28.1 Å². The molecule has 0 saturated heterocycles. The molecule has 12 aromatic heterocycles. The number of carbonyl (C=O) groups is 5.